The number of methoxy groups -OCH3 is 1. The van der Waals surface area contributed by atoms with Gasteiger partial charge in [0.25, 0.3) is 5.88 Å². The van der Waals surface area contributed by atoms with Crippen molar-refractivity contribution in [2.24, 2.45) is 0 Å². The van der Waals surface area contributed by atoms with Crippen LogP contribution in [0.3, 0.4) is 0 Å². The highest BCUT2D eigenvalue weighted by atomic mass is 16.5. The van der Waals surface area contributed by atoms with Crippen LogP contribution in [0.25, 0.3) is 11.3 Å². The molecule has 0 N–H and O–H groups in total. The summed E-state index contributed by atoms with van der Waals surface area (Å²) in [5.41, 5.74) is 1.98. The number of nitriles is 1. The molecule has 0 bridgehead atoms. The lowest BCUT2D eigenvalue weighted by Gasteiger charge is -2.03. The highest BCUT2D eigenvalue weighted by molar-refractivity contribution is 5.61. The summed E-state index contributed by atoms with van der Waals surface area (Å²) < 4.78 is 4.93. The van der Waals surface area contributed by atoms with Gasteiger partial charge < -0.3 is 4.74 Å². The SMILES string of the molecule is COc1nnc(-c2ccccc2)cc1C#N. The van der Waals surface area contributed by atoms with Gasteiger partial charge >= 0.3 is 0 Å². The molecule has 1 aromatic heterocycles. The summed E-state index contributed by atoms with van der Waals surface area (Å²) in [6.07, 6.45) is 0. The molecule has 0 saturated heterocycles. The Balaban J connectivity index is 2.49. The fourth-order valence-corrected chi connectivity index (χ4v) is 1.36. The zero-order valence-corrected chi connectivity index (χ0v) is 8.71. The molecule has 0 aliphatic rings. The molecule has 2 rings (SSSR count). The summed E-state index contributed by atoms with van der Waals surface area (Å²) in [6, 6.07) is 13.3. The van der Waals surface area contributed by atoms with Gasteiger partial charge in [-0.3, -0.25) is 0 Å². The molecule has 0 saturated carbocycles. The fraction of sp³-hybridized carbons (Fsp3) is 0.0833. The highest BCUT2D eigenvalue weighted by Gasteiger charge is 2.07. The monoisotopic (exact) mass is 211 g/mol. The summed E-state index contributed by atoms with van der Waals surface area (Å²) in [7, 11) is 1.47. The van der Waals surface area contributed by atoms with Gasteiger partial charge in [0.05, 0.1) is 12.8 Å². The number of ether oxygens (including phenoxy) is 1. The molecular weight excluding hydrogens is 202 g/mol. The number of nitrogens with zero attached hydrogens (tertiary/aromatic N) is 3. The van der Waals surface area contributed by atoms with Crippen LogP contribution in [0.2, 0.25) is 0 Å². The van der Waals surface area contributed by atoms with Gasteiger partial charge in [0.15, 0.2) is 0 Å². The smallest absolute Gasteiger partial charge is 0.251 e. The zero-order chi connectivity index (χ0) is 11.4. The number of hydrogen-bond donors (Lipinski definition) is 0. The van der Waals surface area contributed by atoms with E-state index >= 15 is 0 Å². The Kier molecular flexibility index (Phi) is 2.79. The Labute approximate surface area is 93.1 Å². The van der Waals surface area contributed by atoms with E-state index in [2.05, 4.69) is 10.2 Å². The van der Waals surface area contributed by atoms with Crippen LogP contribution in [0.15, 0.2) is 36.4 Å². The number of aromatic nitrogens is 2. The average Bonchev–Trinajstić information content (AvgIpc) is 2.39. The van der Waals surface area contributed by atoms with Crippen molar-refractivity contribution in [3.63, 3.8) is 0 Å². The van der Waals surface area contributed by atoms with Gasteiger partial charge in [0, 0.05) is 5.56 Å². The topological polar surface area (TPSA) is 58.8 Å². The van der Waals surface area contributed by atoms with Gasteiger partial charge in [-0.2, -0.15) is 5.26 Å². The van der Waals surface area contributed by atoms with Gasteiger partial charge in [0.1, 0.15) is 11.6 Å². The first kappa shape index (κ1) is 10.1. The third-order valence-corrected chi connectivity index (χ3v) is 2.14. The Morgan fingerprint density at radius 1 is 1.19 bits per heavy atom. The third kappa shape index (κ3) is 1.84. The van der Waals surface area contributed by atoms with Crippen LogP contribution in [0.1, 0.15) is 5.56 Å². The molecule has 0 unspecified atom stereocenters. The second-order valence-electron chi connectivity index (χ2n) is 3.13. The minimum absolute atomic E-state index is 0.252. The molecule has 1 aromatic carbocycles. The summed E-state index contributed by atoms with van der Waals surface area (Å²) in [5.74, 6) is 0.252. The molecule has 78 valence electrons. The molecule has 0 radical (unpaired) electrons. The van der Waals surface area contributed by atoms with Crippen LogP contribution in [0.4, 0.5) is 0 Å². The van der Waals surface area contributed by atoms with Crippen LogP contribution in [0.5, 0.6) is 5.88 Å². The molecule has 0 fully saturated rings. The summed E-state index contributed by atoms with van der Waals surface area (Å²) in [4.78, 5) is 0. The molecule has 0 spiro atoms. The Morgan fingerprint density at radius 3 is 2.56 bits per heavy atom. The predicted octanol–water partition coefficient (Wildman–Crippen LogP) is 2.02. The van der Waals surface area contributed by atoms with Crippen molar-refractivity contribution in [2.45, 2.75) is 0 Å². The van der Waals surface area contributed by atoms with Gasteiger partial charge in [0.2, 0.25) is 0 Å². The number of hydrogen-bond acceptors (Lipinski definition) is 4. The van der Waals surface area contributed by atoms with Crippen LogP contribution < -0.4 is 4.74 Å². The molecule has 0 atom stereocenters. The molecule has 16 heavy (non-hydrogen) atoms. The average molecular weight is 211 g/mol. The maximum atomic E-state index is 8.92. The fourth-order valence-electron chi connectivity index (χ4n) is 1.36. The molecule has 2 aromatic rings. The first-order valence-electron chi connectivity index (χ1n) is 4.72. The minimum atomic E-state index is 0.252. The van der Waals surface area contributed by atoms with E-state index in [0.29, 0.717) is 11.3 Å². The van der Waals surface area contributed by atoms with E-state index in [1.165, 1.54) is 7.11 Å². The largest absolute Gasteiger partial charge is 0.479 e. The van der Waals surface area contributed by atoms with E-state index in [9.17, 15) is 0 Å². The lowest BCUT2D eigenvalue weighted by Crippen LogP contribution is -1.96. The quantitative estimate of drug-likeness (QED) is 0.762. The lowest BCUT2D eigenvalue weighted by atomic mass is 10.1. The van der Waals surface area contributed by atoms with E-state index in [4.69, 9.17) is 10.00 Å². The zero-order valence-electron chi connectivity index (χ0n) is 8.71. The van der Waals surface area contributed by atoms with E-state index < -0.39 is 0 Å². The number of benzene rings is 1. The Morgan fingerprint density at radius 2 is 1.94 bits per heavy atom. The molecule has 0 aliphatic heterocycles. The molecule has 1 heterocycles. The predicted molar refractivity (Wildman–Crippen MR) is 58.7 cm³/mol. The second-order valence-corrected chi connectivity index (χ2v) is 3.13. The van der Waals surface area contributed by atoms with Crippen molar-refractivity contribution in [1.82, 2.24) is 10.2 Å². The van der Waals surface area contributed by atoms with Gasteiger partial charge in [-0.05, 0) is 6.07 Å². The van der Waals surface area contributed by atoms with Crippen LogP contribution in [-0.2, 0) is 0 Å². The van der Waals surface area contributed by atoms with Crippen molar-refractivity contribution >= 4 is 0 Å². The van der Waals surface area contributed by atoms with Crippen molar-refractivity contribution < 1.29 is 4.74 Å². The molecule has 0 amide bonds. The third-order valence-electron chi connectivity index (χ3n) is 2.14. The van der Waals surface area contributed by atoms with Crippen LogP contribution >= 0.6 is 0 Å². The van der Waals surface area contributed by atoms with Crippen molar-refractivity contribution in [2.75, 3.05) is 7.11 Å². The Bertz CT molecular complexity index is 532. The first-order valence-corrected chi connectivity index (χ1v) is 4.72. The summed E-state index contributed by atoms with van der Waals surface area (Å²) in [5, 5.41) is 16.8. The molecule has 4 nitrogen and oxygen atoms in total. The number of rotatable bonds is 2. The van der Waals surface area contributed by atoms with E-state index in [-0.39, 0.29) is 5.88 Å². The first-order chi connectivity index (χ1) is 7.85. The van der Waals surface area contributed by atoms with Gasteiger partial charge in [-0.1, -0.05) is 30.3 Å². The molecule has 4 heteroatoms. The van der Waals surface area contributed by atoms with E-state index in [1.807, 2.05) is 36.4 Å². The van der Waals surface area contributed by atoms with Crippen molar-refractivity contribution in [3.05, 3.63) is 42.0 Å². The maximum absolute atomic E-state index is 8.92. The van der Waals surface area contributed by atoms with Crippen LogP contribution in [-0.4, -0.2) is 17.3 Å². The highest BCUT2D eigenvalue weighted by Crippen LogP contribution is 2.20. The van der Waals surface area contributed by atoms with E-state index in [0.717, 1.165) is 5.56 Å². The summed E-state index contributed by atoms with van der Waals surface area (Å²) in [6.45, 7) is 0. The van der Waals surface area contributed by atoms with Gasteiger partial charge in [-0.25, -0.2) is 0 Å². The van der Waals surface area contributed by atoms with Gasteiger partial charge in [-0.15, -0.1) is 10.2 Å². The normalized spacial score (nSPS) is 9.50. The standard InChI is InChI=1S/C12H9N3O/c1-16-12-10(8-13)7-11(14-15-12)9-5-3-2-4-6-9/h2-7H,1H3. The van der Waals surface area contributed by atoms with Crippen LogP contribution in [0, 0.1) is 11.3 Å². The lowest BCUT2D eigenvalue weighted by molar-refractivity contribution is 0.391. The van der Waals surface area contributed by atoms with Crippen molar-refractivity contribution in [1.29, 1.82) is 5.26 Å². The second kappa shape index (κ2) is 4.41. The Hall–Kier alpha value is -2.41. The van der Waals surface area contributed by atoms with E-state index in [1.54, 1.807) is 6.07 Å². The maximum Gasteiger partial charge on any atom is 0.251 e. The minimum Gasteiger partial charge on any atom is -0.479 e. The molecule has 0 aliphatic carbocycles. The van der Waals surface area contributed by atoms with Crippen molar-refractivity contribution in [3.8, 4) is 23.2 Å². The molecular formula is C12H9N3O. The summed E-state index contributed by atoms with van der Waals surface area (Å²) >= 11 is 0.